The fourth-order valence-electron chi connectivity index (χ4n) is 4.46. The molecule has 194 valence electrons. The zero-order valence-electron chi connectivity index (χ0n) is 21.4. The molecule has 3 unspecified atom stereocenters. The van der Waals surface area contributed by atoms with Gasteiger partial charge in [0.2, 0.25) is 0 Å². The Labute approximate surface area is 214 Å². The van der Waals surface area contributed by atoms with E-state index in [-0.39, 0.29) is 12.9 Å². The van der Waals surface area contributed by atoms with E-state index in [9.17, 15) is 0 Å². The Balaban J connectivity index is 1.22. The van der Waals surface area contributed by atoms with E-state index >= 15 is 0 Å². The molecule has 0 amide bonds. The third kappa shape index (κ3) is 8.64. The highest BCUT2D eigenvalue weighted by molar-refractivity contribution is 5.81. The summed E-state index contributed by atoms with van der Waals surface area (Å²) in [6, 6.07) is 13.9. The Morgan fingerprint density at radius 1 is 0.944 bits per heavy atom. The monoisotopic (exact) mass is 494 g/mol. The van der Waals surface area contributed by atoms with Gasteiger partial charge in [0.1, 0.15) is 18.5 Å². The molecule has 2 aromatic rings. The first kappa shape index (κ1) is 26.2. The number of benzene rings is 2. The van der Waals surface area contributed by atoms with E-state index in [2.05, 4.69) is 6.07 Å². The summed E-state index contributed by atoms with van der Waals surface area (Å²) in [6.45, 7) is 5.89. The maximum Gasteiger partial charge on any atom is 0.189 e. The van der Waals surface area contributed by atoms with Gasteiger partial charge in [-0.3, -0.25) is 9.98 Å². The number of methoxy groups -OCH3 is 1. The summed E-state index contributed by atoms with van der Waals surface area (Å²) in [5.74, 6) is 3.44. The molecule has 0 spiro atoms. The van der Waals surface area contributed by atoms with Gasteiger partial charge in [0, 0.05) is 32.1 Å². The van der Waals surface area contributed by atoms with Crippen molar-refractivity contribution in [1.82, 2.24) is 0 Å². The van der Waals surface area contributed by atoms with Gasteiger partial charge in [0.05, 0.1) is 13.7 Å². The van der Waals surface area contributed by atoms with Crippen molar-refractivity contribution in [2.24, 2.45) is 21.8 Å². The lowest BCUT2D eigenvalue weighted by atomic mass is 9.81. The molecule has 0 N–H and O–H groups in total. The Bertz CT molecular complexity index is 1000. The molecule has 3 atom stereocenters. The van der Waals surface area contributed by atoms with Crippen LogP contribution in [0.5, 0.6) is 17.2 Å². The molecule has 1 aliphatic heterocycles. The van der Waals surface area contributed by atoms with Crippen LogP contribution in [0.25, 0.3) is 0 Å². The number of aliphatic imine (C=N–C) groups is 2. The quantitative estimate of drug-likeness (QED) is 0.156. The first-order valence-electron chi connectivity index (χ1n) is 13.0. The van der Waals surface area contributed by atoms with Crippen LogP contribution >= 0.6 is 0 Å². The van der Waals surface area contributed by atoms with Crippen molar-refractivity contribution in [3.8, 4) is 17.2 Å². The van der Waals surface area contributed by atoms with Gasteiger partial charge >= 0.3 is 0 Å². The fourth-order valence-corrected chi connectivity index (χ4v) is 4.46. The van der Waals surface area contributed by atoms with Crippen LogP contribution in [0, 0.1) is 11.8 Å². The van der Waals surface area contributed by atoms with Crippen LogP contribution in [0.3, 0.4) is 0 Å². The predicted octanol–water partition coefficient (Wildman–Crippen LogP) is 5.19. The minimum Gasteiger partial charge on any atom is -0.493 e. The lowest BCUT2D eigenvalue weighted by molar-refractivity contribution is 0.0209. The van der Waals surface area contributed by atoms with Gasteiger partial charge in [0.15, 0.2) is 18.3 Å². The molecule has 7 nitrogen and oxygen atoms in total. The minimum absolute atomic E-state index is 0.213. The van der Waals surface area contributed by atoms with Gasteiger partial charge in [-0.25, -0.2) is 0 Å². The molecular formula is C29H38N2O5. The van der Waals surface area contributed by atoms with Gasteiger partial charge < -0.3 is 23.7 Å². The second-order valence-corrected chi connectivity index (χ2v) is 9.39. The highest BCUT2D eigenvalue weighted by Gasteiger charge is 2.23. The highest BCUT2D eigenvalue weighted by Crippen LogP contribution is 2.30. The third-order valence-corrected chi connectivity index (χ3v) is 6.49. The molecule has 0 bridgehead atoms. The number of nitrogens with zero attached hydrogens (tertiary/aromatic N) is 2. The summed E-state index contributed by atoms with van der Waals surface area (Å²) in [7, 11) is 1.64. The van der Waals surface area contributed by atoms with Crippen molar-refractivity contribution < 1.29 is 23.7 Å². The van der Waals surface area contributed by atoms with E-state index in [1.54, 1.807) is 7.11 Å². The van der Waals surface area contributed by atoms with E-state index in [0.717, 1.165) is 36.6 Å². The van der Waals surface area contributed by atoms with Gasteiger partial charge in [0.25, 0.3) is 0 Å². The first-order valence-corrected chi connectivity index (χ1v) is 13.0. The van der Waals surface area contributed by atoms with Crippen LogP contribution in [0.15, 0.2) is 52.4 Å². The van der Waals surface area contributed by atoms with Crippen molar-refractivity contribution in [2.45, 2.75) is 38.7 Å². The Hall–Kier alpha value is -2.90. The number of hydrogen-bond acceptors (Lipinski definition) is 7. The molecule has 1 saturated heterocycles. The number of rotatable bonds is 14. The van der Waals surface area contributed by atoms with E-state index in [4.69, 9.17) is 33.7 Å². The Kier molecular flexibility index (Phi) is 10.2. The van der Waals surface area contributed by atoms with Crippen molar-refractivity contribution in [2.75, 3.05) is 46.8 Å². The topological polar surface area (TPSA) is 74.2 Å². The lowest BCUT2D eigenvalue weighted by Crippen LogP contribution is -2.20. The second-order valence-electron chi connectivity index (χ2n) is 9.39. The zero-order valence-corrected chi connectivity index (χ0v) is 21.4. The SMILES string of the molecule is CCOCOc1ccc(/C=N/CC2CCCC(C/N=C/c3cccc(OCC4CO4)c3)C2)cc1OC. The predicted molar refractivity (Wildman–Crippen MR) is 142 cm³/mol. The van der Waals surface area contributed by atoms with E-state index in [0.29, 0.717) is 36.5 Å². The van der Waals surface area contributed by atoms with Crippen molar-refractivity contribution in [3.63, 3.8) is 0 Å². The van der Waals surface area contributed by atoms with Crippen molar-refractivity contribution in [1.29, 1.82) is 0 Å². The average Bonchev–Trinajstić information content (AvgIpc) is 3.73. The molecule has 0 aromatic heterocycles. The molecule has 2 fully saturated rings. The molecule has 36 heavy (non-hydrogen) atoms. The van der Waals surface area contributed by atoms with Crippen molar-refractivity contribution in [3.05, 3.63) is 53.6 Å². The number of hydrogen-bond donors (Lipinski definition) is 0. The van der Waals surface area contributed by atoms with Gasteiger partial charge in [-0.15, -0.1) is 0 Å². The molecule has 1 heterocycles. The number of ether oxygens (including phenoxy) is 5. The Morgan fingerprint density at radius 2 is 1.69 bits per heavy atom. The van der Waals surface area contributed by atoms with E-state index in [1.165, 1.54) is 25.7 Å². The molecule has 4 rings (SSSR count). The number of epoxide rings is 1. The summed E-state index contributed by atoms with van der Waals surface area (Å²) in [5.41, 5.74) is 2.08. The summed E-state index contributed by atoms with van der Waals surface area (Å²) in [4.78, 5) is 9.50. The van der Waals surface area contributed by atoms with Crippen LogP contribution in [0.1, 0.15) is 43.7 Å². The van der Waals surface area contributed by atoms with E-state index in [1.807, 2.05) is 55.8 Å². The zero-order chi connectivity index (χ0) is 25.0. The van der Waals surface area contributed by atoms with Gasteiger partial charge in [-0.05, 0) is 79.5 Å². The molecule has 1 saturated carbocycles. The summed E-state index contributed by atoms with van der Waals surface area (Å²) in [6.07, 6.45) is 9.05. The summed E-state index contributed by atoms with van der Waals surface area (Å²) in [5, 5.41) is 0. The summed E-state index contributed by atoms with van der Waals surface area (Å²) < 4.78 is 27.3. The third-order valence-electron chi connectivity index (χ3n) is 6.49. The average molecular weight is 495 g/mol. The van der Waals surface area contributed by atoms with Gasteiger partial charge in [-0.1, -0.05) is 18.6 Å². The van der Waals surface area contributed by atoms with Crippen LogP contribution in [0.2, 0.25) is 0 Å². The van der Waals surface area contributed by atoms with Crippen LogP contribution < -0.4 is 14.2 Å². The smallest absolute Gasteiger partial charge is 0.189 e. The van der Waals surface area contributed by atoms with Gasteiger partial charge in [-0.2, -0.15) is 0 Å². The summed E-state index contributed by atoms with van der Waals surface area (Å²) >= 11 is 0. The minimum atomic E-state index is 0.213. The normalized spacial score (nSPS) is 21.7. The highest BCUT2D eigenvalue weighted by atomic mass is 16.7. The maximum absolute atomic E-state index is 5.77. The molecule has 7 heteroatoms. The standard InChI is InChI=1S/C29H38N2O5/c1-3-33-21-36-28-11-10-25(14-29(28)32-2)18-31-16-23-7-4-6-22(12-23)15-30-17-24-8-5-9-26(13-24)34-19-27-20-35-27/h5,8-11,13-14,17-18,22-23,27H,3-4,6-7,12,15-16,19-21H2,1-2H3/b30-17+,31-18+. The largest absolute Gasteiger partial charge is 0.493 e. The van der Waals surface area contributed by atoms with E-state index < -0.39 is 0 Å². The second kappa shape index (κ2) is 14.0. The molecule has 2 aromatic carbocycles. The molecule has 1 aliphatic carbocycles. The molecule has 0 radical (unpaired) electrons. The molecule has 2 aliphatic rings. The maximum atomic E-state index is 5.77. The lowest BCUT2D eigenvalue weighted by Gasteiger charge is -2.27. The van der Waals surface area contributed by atoms with Crippen LogP contribution in [-0.2, 0) is 9.47 Å². The molecular weight excluding hydrogens is 456 g/mol. The fraction of sp³-hybridized carbons (Fsp3) is 0.517. The van der Waals surface area contributed by atoms with Crippen LogP contribution in [-0.4, -0.2) is 65.3 Å². The van der Waals surface area contributed by atoms with Crippen molar-refractivity contribution >= 4 is 12.4 Å². The Morgan fingerprint density at radius 3 is 2.39 bits per heavy atom. The van der Waals surface area contributed by atoms with Crippen LogP contribution in [0.4, 0.5) is 0 Å². The first-order chi connectivity index (χ1) is 17.7.